The number of unbranched alkanes of at least 4 members (excludes halogenated alkanes) is 15. The molecule has 43 heavy (non-hydrogen) atoms. The number of rotatable bonds is 35. The van der Waals surface area contributed by atoms with Gasteiger partial charge in [0.15, 0.2) is 0 Å². The fraction of sp³-hybridized carbons (Fsp3) is 1.00. The average molecular weight is 614 g/mol. The summed E-state index contributed by atoms with van der Waals surface area (Å²) in [6, 6.07) is 0. The van der Waals surface area contributed by atoms with Gasteiger partial charge in [0.2, 0.25) is 0 Å². The summed E-state index contributed by atoms with van der Waals surface area (Å²) in [5.74, 6) is 1.48. The third kappa shape index (κ3) is 31.6. The highest BCUT2D eigenvalue weighted by molar-refractivity contribution is 4.69. The van der Waals surface area contributed by atoms with Crippen molar-refractivity contribution in [2.75, 3.05) is 46.1 Å². The molecule has 0 heterocycles. The SMILES string of the molecule is CCCCCCCCCCCCCCCCCCN(CC(O)COCCCC(C)CC)CC(O)COCCCC(C)CC. The molecule has 0 aliphatic carbocycles. The first-order valence-electron chi connectivity index (χ1n) is 19.2. The minimum atomic E-state index is -0.520. The van der Waals surface area contributed by atoms with Crippen LogP contribution in [0.2, 0.25) is 0 Å². The molecule has 0 fully saturated rings. The van der Waals surface area contributed by atoms with Gasteiger partial charge < -0.3 is 19.7 Å². The maximum atomic E-state index is 10.7. The van der Waals surface area contributed by atoms with Crippen LogP contribution in [-0.2, 0) is 9.47 Å². The topological polar surface area (TPSA) is 62.2 Å². The van der Waals surface area contributed by atoms with Gasteiger partial charge in [-0.15, -0.1) is 0 Å². The summed E-state index contributed by atoms with van der Waals surface area (Å²) in [4.78, 5) is 2.23. The monoisotopic (exact) mass is 614 g/mol. The van der Waals surface area contributed by atoms with Crippen molar-refractivity contribution in [3.63, 3.8) is 0 Å². The Labute approximate surface area is 270 Å². The molecule has 0 saturated carbocycles. The van der Waals surface area contributed by atoms with Gasteiger partial charge in [-0.25, -0.2) is 0 Å². The van der Waals surface area contributed by atoms with E-state index in [1.54, 1.807) is 0 Å². The predicted molar refractivity (Wildman–Crippen MR) is 187 cm³/mol. The Morgan fingerprint density at radius 3 is 1.19 bits per heavy atom. The van der Waals surface area contributed by atoms with Crippen molar-refractivity contribution in [1.82, 2.24) is 4.90 Å². The molecule has 2 N–H and O–H groups in total. The molecule has 0 saturated heterocycles. The van der Waals surface area contributed by atoms with Gasteiger partial charge in [0, 0.05) is 26.3 Å². The summed E-state index contributed by atoms with van der Waals surface area (Å²) in [6.45, 7) is 15.5. The average Bonchev–Trinajstić information content (AvgIpc) is 3.00. The Morgan fingerprint density at radius 1 is 0.488 bits per heavy atom. The summed E-state index contributed by atoms with van der Waals surface area (Å²) in [7, 11) is 0. The number of ether oxygens (including phenoxy) is 2. The molecule has 0 radical (unpaired) electrons. The maximum absolute atomic E-state index is 10.7. The highest BCUT2D eigenvalue weighted by atomic mass is 16.5. The largest absolute Gasteiger partial charge is 0.389 e. The predicted octanol–water partition coefficient (Wildman–Crippen LogP) is 9.96. The van der Waals surface area contributed by atoms with Crippen LogP contribution in [-0.4, -0.2) is 73.4 Å². The van der Waals surface area contributed by atoms with Gasteiger partial charge in [0.1, 0.15) is 0 Å². The first-order valence-corrected chi connectivity index (χ1v) is 19.2. The summed E-state index contributed by atoms with van der Waals surface area (Å²) in [5.41, 5.74) is 0. The second-order valence-electron chi connectivity index (χ2n) is 13.8. The first-order chi connectivity index (χ1) is 20.9. The molecule has 5 heteroatoms. The van der Waals surface area contributed by atoms with Gasteiger partial charge in [0.25, 0.3) is 0 Å². The van der Waals surface area contributed by atoms with Crippen LogP contribution in [0, 0.1) is 11.8 Å². The van der Waals surface area contributed by atoms with Crippen LogP contribution in [0.4, 0.5) is 0 Å². The molecule has 260 valence electrons. The molecule has 4 unspecified atom stereocenters. The van der Waals surface area contributed by atoms with E-state index in [1.165, 1.54) is 122 Å². The molecule has 0 amide bonds. The van der Waals surface area contributed by atoms with E-state index in [0.29, 0.717) is 39.5 Å². The Hall–Kier alpha value is -0.200. The number of aliphatic hydroxyl groups is 2. The van der Waals surface area contributed by atoms with Crippen LogP contribution in [0.25, 0.3) is 0 Å². The quantitative estimate of drug-likeness (QED) is 0.0697. The second-order valence-corrected chi connectivity index (χ2v) is 13.8. The van der Waals surface area contributed by atoms with Crippen LogP contribution in [0.5, 0.6) is 0 Å². The van der Waals surface area contributed by atoms with E-state index in [1.807, 2.05) is 0 Å². The lowest BCUT2D eigenvalue weighted by Gasteiger charge is -2.27. The van der Waals surface area contributed by atoms with Gasteiger partial charge in [-0.3, -0.25) is 4.90 Å². The van der Waals surface area contributed by atoms with E-state index in [-0.39, 0.29) is 0 Å². The molecule has 0 aromatic carbocycles. The van der Waals surface area contributed by atoms with Crippen LogP contribution >= 0.6 is 0 Å². The van der Waals surface area contributed by atoms with Crippen molar-refractivity contribution >= 4 is 0 Å². The van der Waals surface area contributed by atoms with Crippen molar-refractivity contribution < 1.29 is 19.7 Å². The maximum Gasteiger partial charge on any atom is 0.0900 e. The van der Waals surface area contributed by atoms with E-state index in [9.17, 15) is 10.2 Å². The summed E-state index contributed by atoms with van der Waals surface area (Å²) in [6.07, 6.45) is 27.7. The molecule has 4 atom stereocenters. The Bertz CT molecular complexity index is 506. The number of nitrogens with zero attached hydrogens (tertiary/aromatic N) is 1. The third-order valence-electron chi connectivity index (χ3n) is 9.25. The minimum Gasteiger partial charge on any atom is -0.389 e. The number of hydrogen-bond donors (Lipinski definition) is 2. The lowest BCUT2D eigenvalue weighted by Crippen LogP contribution is -2.41. The smallest absolute Gasteiger partial charge is 0.0900 e. The Morgan fingerprint density at radius 2 is 0.837 bits per heavy atom. The zero-order chi connectivity index (χ0) is 31.8. The zero-order valence-corrected chi connectivity index (χ0v) is 30.0. The highest BCUT2D eigenvalue weighted by Crippen LogP contribution is 2.15. The standard InChI is InChI=1S/C38H79NO4/c1-6-9-10-11-12-13-14-15-16-17-18-19-20-21-22-23-28-39(31-37(40)33-42-29-24-26-35(4)7-2)32-38(41)34-43-30-25-27-36(5)8-3/h35-38,40-41H,6-34H2,1-5H3. The van der Waals surface area contributed by atoms with E-state index in [0.717, 1.165) is 37.6 Å². The van der Waals surface area contributed by atoms with Crippen molar-refractivity contribution in [3.05, 3.63) is 0 Å². The third-order valence-corrected chi connectivity index (χ3v) is 9.25. The molecule has 0 aromatic rings. The van der Waals surface area contributed by atoms with Crippen LogP contribution in [0.15, 0.2) is 0 Å². The van der Waals surface area contributed by atoms with Crippen LogP contribution < -0.4 is 0 Å². The van der Waals surface area contributed by atoms with Gasteiger partial charge >= 0.3 is 0 Å². The number of aliphatic hydroxyl groups excluding tert-OH is 2. The molecular weight excluding hydrogens is 534 g/mol. The molecule has 0 rings (SSSR count). The van der Waals surface area contributed by atoms with Crippen molar-refractivity contribution in [1.29, 1.82) is 0 Å². The molecular formula is C38H79NO4. The lowest BCUT2D eigenvalue weighted by atomic mass is 10.0. The second kappa shape index (κ2) is 33.2. The normalized spacial score (nSPS) is 14.8. The fourth-order valence-corrected chi connectivity index (χ4v) is 5.76. The Kier molecular flexibility index (Phi) is 33.0. The van der Waals surface area contributed by atoms with Crippen LogP contribution in [0.3, 0.4) is 0 Å². The van der Waals surface area contributed by atoms with E-state index >= 15 is 0 Å². The van der Waals surface area contributed by atoms with Gasteiger partial charge in [-0.05, 0) is 50.5 Å². The first kappa shape index (κ1) is 42.8. The molecule has 0 spiro atoms. The van der Waals surface area contributed by atoms with Crippen molar-refractivity contribution in [3.8, 4) is 0 Å². The molecule has 0 bridgehead atoms. The van der Waals surface area contributed by atoms with Crippen LogP contribution in [0.1, 0.15) is 176 Å². The minimum absolute atomic E-state index is 0.373. The Balaban J connectivity index is 4.13. The van der Waals surface area contributed by atoms with Gasteiger partial charge in [0.05, 0.1) is 25.4 Å². The summed E-state index contributed by atoms with van der Waals surface area (Å²) >= 11 is 0. The van der Waals surface area contributed by atoms with E-state index < -0.39 is 12.2 Å². The van der Waals surface area contributed by atoms with Gasteiger partial charge in [-0.1, -0.05) is 144 Å². The zero-order valence-electron chi connectivity index (χ0n) is 30.0. The highest BCUT2D eigenvalue weighted by Gasteiger charge is 2.16. The summed E-state index contributed by atoms with van der Waals surface area (Å²) < 4.78 is 11.6. The lowest BCUT2D eigenvalue weighted by molar-refractivity contribution is -0.0117. The summed E-state index contributed by atoms with van der Waals surface area (Å²) in [5, 5.41) is 21.3. The molecule has 0 aliphatic heterocycles. The molecule has 0 aliphatic rings. The fourth-order valence-electron chi connectivity index (χ4n) is 5.76. The van der Waals surface area contributed by atoms with Crippen molar-refractivity contribution in [2.24, 2.45) is 11.8 Å². The molecule has 0 aromatic heterocycles. The van der Waals surface area contributed by atoms with E-state index in [2.05, 4.69) is 39.5 Å². The van der Waals surface area contributed by atoms with Crippen molar-refractivity contribution in [2.45, 2.75) is 188 Å². The number of hydrogen-bond acceptors (Lipinski definition) is 5. The van der Waals surface area contributed by atoms with Gasteiger partial charge in [-0.2, -0.15) is 0 Å². The van der Waals surface area contributed by atoms with E-state index in [4.69, 9.17) is 9.47 Å². The molecule has 5 nitrogen and oxygen atoms in total.